The first-order valence-electron chi connectivity index (χ1n) is 10.8. The first kappa shape index (κ1) is 22.1. The first-order valence-corrected chi connectivity index (χ1v) is 10.8. The summed E-state index contributed by atoms with van der Waals surface area (Å²) < 4.78 is 22.1. The molecule has 0 fully saturated rings. The molecule has 4 rings (SSSR count). The van der Waals surface area contributed by atoms with Crippen molar-refractivity contribution in [3.05, 3.63) is 52.7 Å². The summed E-state index contributed by atoms with van der Waals surface area (Å²) in [7, 11) is 0. The largest absolute Gasteiger partial charge is 0.338 e. The fraction of sp³-hybridized carbons (Fsp3) is 0.478. The highest BCUT2D eigenvalue weighted by Crippen LogP contribution is 2.33. The van der Waals surface area contributed by atoms with Crippen LogP contribution in [0, 0.1) is 25.1 Å². The van der Waals surface area contributed by atoms with Gasteiger partial charge < -0.3 is 19.7 Å². The van der Waals surface area contributed by atoms with Crippen molar-refractivity contribution in [1.82, 2.24) is 30.3 Å². The maximum Gasteiger partial charge on any atom is 0.272 e. The molecule has 1 amide bonds. The Morgan fingerprint density at radius 3 is 2.72 bits per heavy atom. The van der Waals surface area contributed by atoms with Crippen LogP contribution < -0.4 is 10.6 Å². The van der Waals surface area contributed by atoms with E-state index < -0.39 is 6.04 Å². The summed E-state index contributed by atoms with van der Waals surface area (Å²) in [5, 5.41) is 10.2. The van der Waals surface area contributed by atoms with Crippen LogP contribution in [0.2, 0.25) is 0 Å². The van der Waals surface area contributed by atoms with Crippen LogP contribution in [0.1, 0.15) is 66.7 Å². The second kappa shape index (κ2) is 8.46. The number of imidazole rings is 1. The Morgan fingerprint density at radius 1 is 1.28 bits per heavy atom. The van der Waals surface area contributed by atoms with E-state index in [2.05, 4.69) is 25.8 Å². The second-order valence-electron chi connectivity index (χ2n) is 9.35. The average molecular weight is 441 g/mol. The summed E-state index contributed by atoms with van der Waals surface area (Å²) in [6.07, 6.45) is 0.858. The molecule has 0 bridgehead atoms. The number of hydrogen-bond acceptors (Lipinski definition) is 6. The normalized spacial score (nSPS) is 15.2. The highest BCUT2D eigenvalue weighted by molar-refractivity contribution is 5.94. The molecule has 3 heterocycles. The average Bonchev–Trinajstić information content (AvgIpc) is 3.20. The Bertz CT molecular complexity index is 1140. The van der Waals surface area contributed by atoms with Crippen LogP contribution in [0.4, 0.5) is 4.39 Å². The highest BCUT2D eigenvalue weighted by Gasteiger charge is 2.35. The molecule has 0 radical (unpaired) electrons. The summed E-state index contributed by atoms with van der Waals surface area (Å²) >= 11 is 0. The van der Waals surface area contributed by atoms with E-state index in [-0.39, 0.29) is 22.8 Å². The van der Waals surface area contributed by atoms with Crippen molar-refractivity contribution < 1.29 is 13.7 Å². The second-order valence-corrected chi connectivity index (χ2v) is 9.35. The lowest BCUT2D eigenvalue weighted by molar-refractivity contribution is 0.0875. The number of aromatic nitrogens is 4. The van der Waals surface area contributed by atoms with Crippen molar-refractivity contribution >= 4 is 5.91 Å². The van der Waals surface area contributed by atoms with Crippen molar-refractivity contribution in [1.29, 1.82) is 0 Å². The predicted octanol–water partition coefficient (Wildman–Crippen LogP) is 3.70. The van der Waals surface area contributed by atoms with Gasteiger partial charge in [-0.2, -0.15) is 4.98 Å². The van der Waals surface area contributed by atoms with Crippen molar-refractivity contribution in [2.24, 2.45) is 5.41 Å². The van der Waals surface area contributed by atoms with Gasteiger partial charge in [-0.3, -0.25) is 4.79 Å². The van der Waals surface area contributed by atoms with E-state index in [9.17, 15) is 9.18 Å². The molecule has 0 unspecified atom stereocenters. The van der Waals surface area contributed by atoms with Crippen LogP contribution in [0.5, 0.6) is 0 Å². The Kier molecular flexibility index (Phi) is 5.85. The summed E-state index contributed by atoms with van der Waals surface area (Å²) in [4.78, 5) is 22.4. The number of benzene rings is 1. The number of carbonyl (C=O) groups excluding carboxylic acids is 1. The van der Waals surface area contributed by atoms with Gasteiger partial charge in [-0.05, 0) is 49.9 Å². The molecule has 1 aromatic carbocycles. The predicted molar refractivity (Wildman–Crippen MR) is 117 cm³/mol. The monoisotopic (exact) mass is 440 g/mol. The van der Waals surface area contributed by atoms with E-state index in [1.807, 2.05) is 38.3 Å². The summed E-state index contributed by atoms with van der Waals surface area (Å²) in [5.41, 5.74) is 1.86. The van der Waals surface area contributed by atoms with Crippen LogP contribution in [0.25, 0.3) is 11.4 Å². The van der Waals surface area contributed by atoms with Gasteiger partial charge >= 0.3 is 0 Å². The van der Waals surface area contributed by atoms with Gasteiger partial charge in [0.2, 0.25) is 5.89 Å². The molecule has 0 spiro atoms. The van der Waals surface area contributed by atoms with E-state index >= 15 is 0 Å². The highest BCUT2D eigenvalue weighted by atomic mass is 19.1. The lowest BCUT2D eigenvalue weighted by Gasteiger charge is -2.28. The fourth-order valence-corrected chi connectivity index (χ4v) is 3.94. The van der Waals surface area contributed by atoms with Crippen molar-refractivity contribution in [3.8, 4) is 11.4 Å². The number of nitrogens with zero attached hydrogens (tertiary/aromatic N) is 4. The minimum absolute atomic E-state index is 0.278. The van der Waals surface area contributed by atoms with E-state index in [4.69, 9.17) is 4.52 Å². The Hall–Kier alpha value is -3.07. The molecule has 9 heteroatoms. The molecule has 2 N–H and O–H groups in total. The molecule has 1 aliphatic rings. The molecule has 3 aromatic rings. The van der Waals surface area contributed by atoms with E-state index in [1.165, 1.54) is 6.07 Å². The SMILES string of the molecule is Cc1ccc(-c2nc(C(=O)N[C@H](c3nc(C)no3)C(C)(C)C)c3n2CCCNC3)c(F)c1. The van der Waals surface area contributed by atoms with E-state index in [0.29, 0.717) is 36.2 Å². The molecule has 2 aromatic heterocycles. The van der Waals surface area contributed by atoms with Gasteiger partial charge in [0.25, 0.3) is 5.91 Å². The van der Waals surface area contributed by atoms with Gasteiger partial charge in [0, 0.05) is 13.1 Å². The van der Waals surface area contributed by atoms with Gasteiger partial charge in [-0.1, -0.05) is 32.0 Å². The third-order valence-electron chi connectivity index (χ3n) is 5.61. The molecular formula is C23H29FN6O2. The molecule has 32 heavy (non-hydrogen) atoms. The van der Waals surface area contributed by atoms with Gasteiger partial charge in [-0.25, -0.2) is 9.37 Å². The number of halogens is 1. The van der Waals surface area contributed by atoms with Gasteiger partial charge in [-0.15, -0.1) is 0 Å². The number of aryl methyl sites for hydroxylation is 2. The third-order valence-corrected chi connectivity index (χ3v) is 5.61. The number of hydrogen-bond donors (Lipinski definition) is 2. The lowest BCUT2D eigenvalue weighted by Crippen LogP contribution is -2.37. The molecule has 170 valence electrons. The molecule has 1 aliphatic heterocycles. The topological polar surface area (TPSA) is 97.9 Å². The van der Waals surface area contributed by atoms with Crippen LogP contribution in [0.15, 0.2) is 22.7 Å². The third kappa shape index (κ3) is 4.29. The van der Waals surface area contributed by atoms with Crippen LogP contribution in [-0.2, 0) is 13.1 Å². The number of amides is 1. The standard InChI is InChI=1S/C23H29FN6O2/c1-13-7-8-15(16(24)11-13)20-27-18(17-12-25-9-6-10-30(17)20)21(31)28-19(23(3,4)5)22-26-14(2)29-32-22/h7-8,11,19,25H,6,9-10,12H2,1-5H3,(H,28,31)/t19-/m1/s1. The van der Waals surface area contributed by atoms with Gasteiger partial charge in [0.15, 0.2) is 11.5 Å². The molecule has 0 saturated heterocycles. The summed E-state index contributed by atoms with van der Waals surface area (Å²) in [5.74, 6) is 0.604. The lowest BCUT2D eigenvalue weighted by atomic mass is 9.86. The van der Waals surface area contributed by atoms with E-state index in [0.717, 1.165) is 24.2 Å². The Morgan fingerprint density at radius 2 is 2.06 bits per heavy atom. The van der Waals surface area contributed by atoms with Crippen molar-refractivity contribution in [3.63, 3.8) is 0 Å². The fourth-order valence-electron chi connectivity index (χ4n) is 3.94. The van der Waals surface area contributed by atoms with Gasteiger partial charge in [0.05, 0.1) is 11.3 Å². The molecule has 8 nitrogen and oxygen atoms in total. The maximum atomic E-state index is 14.8. The summed E-state index contributed by atoms with van der Waals surface area (Å²) in [6.45, 7) is 11.5. The molecule has 1 atom stereocenters. The number of carbonyl (C=O) groups is 1. The Balaban J connectivity index is 1.75. The molecule has 0 aliphatic carbocycles. The van der Waals surface area contributed by atoms with Crippen molar-refractivity contribution in [2.45, 2.75) is 60.2 Å². The van der Waals surface area contributed by atoms with Crippen LogP contribution in [-0.4, -0.2) is 32.1 Å². The van der Waals surface area contributed by atoms with E-state index in [1.54, 1.807) is 13.0 Å². The van der Waals surface area contributed by atoms with Crippen LogP contribution in [0.3, 0.4) is 0 Å². The number of nitrogens with one attached hydrogen (secondary N) is 2. The minimum atomic E-state index is -0.508. The molecule has 0 saturated carbocycles. The first-order chi connectivity index (χ1) is 15.1. The smallest absolute Gasteiger partial charge is 0.272 e. The zero-order valence-electron chi connectivity index (χ0n) is 19.1. The van der Waals surface area contributed by atoms with Crippen molar-refractivity contribution in [2.75, 3.05) is 6.54 Å². The quantitative estimate of drug-likeness (QED) is 0.642. The zero-order chi connectivity index (χ0) is 23.0. The van der Waals surface area contributed by atoms with Gasteiger partial charge in [0.1, 0.15) is 17.7 Å². The molecular weight excluding hydrogens is 411 g/mol. The zero-order valence-corrected chi connectivity index (χ0v) is 19.1. The Labute approximate surface area is 186 Å². The number of fused-ring (bicyclic) bond motifs is 1. The maximum absolute atomic E-state index is 14.8. The summed E-state index contributed by atoms with van der Waals surface area (Å²) in [6, 6.07) is 4.55. The minimum Gasteiger partial charge on any atom is -0.338 e. The van der Waals surface area contributed by atoms with Crippen LogP contribution >= 0.6 is 0 Å². The number of rotatable bonds is 4.